The lowest BCUT2D eigenvalue weighted by Crippen LogP contribution is -2.28. The van der Waals surface area contributed by atoms with E-state index in [4.69, 9.17) is 4.74 Å². The standard InChI is InChI=1S/C26H19F3N6O3/c1-15-13-21(36)35(20-6-4-3-5-19(20)26(27,28)29)33-22(15)24(37)32-16-7-9-17(10-8-16)38-25-18-11-12-34(2)23(18)30-14-31-25/h3-14H,1-2H3,(H,32,37). The summed E-state index contributed by atoms with van der Waals surface area (Å²) in [6.45, 7) is 1.48. The van der Waals surface area contributed by atoms with Crippen molar-refractivity contribution in [3.8, 4) is 17.3 Å². The first-order valence-electron chi connectivity index (χ1n) is 11.2. The van der Waals surface area contributed by atoms with Gasteiger partial charge in [-0.3, -0.25) is 9.59 Å². The number of fused-ring (bicyclic) bond motifs is 1. The number of hydrogen-bond donors (Lipinski definition) is 1. The Balaban J connectivity index is 1.39. The number of alkyl halides is 3. The highest BCUT2D eigenvalue weighted by atomic mass is 19.4. The van der Waals surface area contributed by atoms with Crippen LogP contribution in [-0.2, 0) is 13.2 Å². The first kappa shape index (κ1) is 24.7. The lowest BCUT2D eigenvalue weighted by molar-refractivity contribution is -0.137. The zero-order valence-electron chi connectivity index (χ0n) is 20.0. The fourth-order valence-electron chi connectivity index (χ4n) is 3.88. The second kappa shape index (κ2) is 9.47. The molecule has 5 aromatic rings. The van der Waals surface area contributed by atoms with Gasteiger partial charge in [0, 0.05) is 25.0 Å². The van der Waals surface area contributed by atoms with Gasteiger partial charge in [-0.25, -0.2) is 9.97 Å². The molecule has 1 amide bonds. The summed E-state index contributed by atoms with van der Waals surface area (Å²) in [5.74, 6) is 0.128. The molecule has 1 N–H and O–H groups in total. The molecule has 3 heterocycles. The van der Waals surface area contributed by atoms with Crippen molar-refractivity contribution >= 4 is 22.6 Å². The van der Waals surface area contributed by atoms with Crippen LogP contribution in [0.1, 0.15) is 21.6 Å². The van der Waals surface area contributed by atoms with Crippen LogP contribution in [0, 0.1) is 6.92 Å². The number of nitrogens with one attached hydrogen (secondary N) is 1. The van der Waals surface area contributed by atoms with Crippen LogP contribution < -0.4 is 15.6 Å². The van der Waals surface area contributed by atoms with Crippen LogP contribution in [0.4, 0.5) is 18.9 Å². The summed E-state index contributed by atoms with van der Waals surface area (Å²) in [4.78, 5) is 33.9. The van der Waals surface area contributed by atoms with Crippen molar-refractivity contribution in [2.45, 2.75) is 13.1 Å². The van der Waals surface area contributed by atoms with Gasteiger partial charge in [0.25, 0.3) is 11.5 Å². The molecule has 12 heteroatoms. The monoisotopic (exact) mass is 520 g/mol. The number of hydrogen-bond acceptors (Lipinski definition) is 6. The smallest absolute Gasteiger partial charge is 0.418 e. The van der Waals surface area contributed by atoms with Gasteiger partial charge in [0.2, 0.25) is 5.88 Å². The van der Waals surface area contributed by atoms with E-state index in [9.17, 15) is 22.8 Å². The van der Waals surface area contributed by atoms with E-state index in [0.717, 1.165) is 23.6 Å². The second-order valence-corrected chi connectivity index (χ2v) is 8.36. The lowest BCUT2D eigenvalue weighted by atomic mass is 10.1. The molecule has 0 aliphatic carbocycles. The van der Waals surface area contributed by atoms with Gasteiger partial charge >= 0.3 is 6.18 Å². The van der Waals surface area contributed by atoms with Crippen molar-refractivity contribution in [3.05, 3.63) is 100 Å². The van der Waals surface area contributed by atoms with Crippen LogP contribution in [0.3, 0.4) is 0 Å². The molecule has 3 aromatic heterocycles. The van der Waals surface area contributed by atoms with Crippen LogP contribution >= 0.6 is 0 Å². The van der Waals surface area contributed by atoms with E-state index in [0.29, 0.717) is 27.6 Å². The molecule has 2 aromatic carbocycles. The zero-order valence-corrected chi connectivity index (χ0v) is 20.0. The number of aromatic nitrogens is 5. The highest BCUT2D eigenvalue weighted by Crippen LogP contribution is 2.33. The van der Waals surface area contributed by atoms with Crippen molar-refractivity contribution in [3.63, 3.8) is 0 Å². The largest absolute Gasteiger partial charge is 0.438 e. The van der Waals surface area contributed by atoms with Gasteiger partial charge in [-0.15, -0.1) is 0 Å². The van der Waals surface area contributed by atoms with Gasteiger partial charge in [0.1, 0.15) is 17.7 Å². The molecule has 0 aliphatic rings. The average Bonchev–Trinajstić information content (AvgIpc) is 3.26. The van der Waals surface area contributed by atoms with E-state index >= 15 is 0 Å². The summed E-state index contributed by atoms with van der Waals surface area (Å²) in [6.07, 6.45) is -1.48. The number of benzene rings is 2. The third-order valence-electron chi connectivity index (χ3n) is 5.73. The molecule has 0 fully saturated rings. The summed E-state index contributed by atoms with van der Waals surface area (Å²) in [5.41, 5.74) is -1.21. The molecule has 0 radical (unpaired) electrons. The van der Waals surface area contributed by atoms with Gasteiger partial charge in [-0.05, 0) is 55.0 Å². The molecular weight excluding hydrogens is 501 g/mol. The maximum atomic E-state index is 13.5. The maximum absolute atomic E-state index is 13.5. The Bertz CT molecular complexity index is 1730. The maximum Gasteiger partial charge on any atom is 0.418 e. The average molecular weight is 520 g/mol. The Kier molecular flexibility index (Phi) is 6.15. The van der Waals surface area contributed by atoms with Crippen molar-refractivity contribution in [1.82, 2.24) is 24.3 Å². The fraction of sp³-hybridized carbons (Fsp3) is 0.115. The van der Waals surface area contributed by atoms with Gasteiger partial charge in [0.05, 0.1) is 16.6 Å². The zero-order chi connectivity index (χ0) is 27.0. The third kappa shape index (κ3) is 4.71. The van der Waals surface area contributed by atoms with Crippen LogP contribution in [0.25, 0.3) is 16.7 Å². The molecule has 0 spiro atoms. The number of nitrogens with zero attached hydrogens (tertiary/aromatic N) is 5. The fourth-order valence-corrected chi connectivity index (χ4v) is 3.88. The van der Waals surface area contributed by atoms with E-state index < -0.39 is 28.9 Å². The summed E-state index contributed by atoms with van der Waals surface area (Å²) < 4.78 is 48.8. The Morgan fingerprint density at radius 3 is 2.50 bits per heavy atom. The Morgan fingerprint density at radius 2 is 1.76 bits per heavy atom. The number of anilines is 1. The molecule has 38 heavy (non-hydrogen) atoms. The van der Waals surface area contributed by atoms with Crippen molar-refractivity contribution < 1.29 is 22.7 Å². The molecule has 0 saturated carbocycles. The molecule has 5 rings (SSSR count). The number of rotatable bonds is 5. The number of amides is 1. The number of halogens is 3. The predicted molar refractivity (Wildman–Crippen MR) is 133 cm³/mol. The highest BCUT2D eigenvalue weighted by Gasteiger charge is 2.34. The van der Waals surface area contributed by atoms with Crippen molar-refractivity contribution in [2.24, 2.45) is 7.05 Å². The van der Waals surface area contributed by atoms with E-state index in [2.05, 4.69) is 20.4 Å². The van der Waals surface area contributed by atoms with Crippen molar-refractivity contribution in [2.75, 3.05) is 5.32 Å². The normalized spacial score (nSPS) is 11.5. The Hall–Kier alpha value is -5.00. The van der Waals surface area contributed by atoms with E-state index in [1.54, 1.807) is 24.3 Å². The van der Waals surface area contributed by atoms with Gasteiger partial charge < -0.3 is 14.6 Å². The Morgan fingerprint density at radius 1 is 1.03 bits per heavy atom. The van der Waals surface area contributed by atoms with Crippen LogP contribution in [0.15, 0.2) is 78.0 Å². The summed E-state index contributed by atoms with van der Waals surface area (Å²) >= 11 is 0. The molecule has 9 nitrogen and oxygen atoms in total. The molecule has 0 saturated heterocycles. The number of aryl methyl sites for hydroxylation is 2. The van der Waals surface area contributed by atoms with Crippen LogP contribution in [-0.4, -0.2) is 30.2 Å². The molecule has 0 atom stereocenters. The number of carbonyl (C=O) groups excluding carboxylic acids is 1. The van der Waals surface area contributed by atoms with Gasteiger partial charge in [0.15, 0.2) is 5.69 Å². The minimum absolute atomic E-state index is 0.200. The topological polar surface area (TPSA) is 104 Å². The van der Waals surface area contributed by atoms with Crippen LogP contribution in [0.5, 0.6) is 11.6 Å². The molecule has 0 unspecified atom stereocenters. The van der Waals surface area contributed by atoms with Gasteiger partial charge in [-0.1, -0.05) is 12.1 Å². The van der Waals surface area contributed by atoms with E-state index in [1.807, 2.05) is 23.9 Å². The minimum atomic E-state index is -4.72. The first-order valence-corrected chi connectivity index (χ1v) is 11.2. The first-order chi connectivity index (χ1) is 18.1. The SMILES string of the molecule is Cc1cc(=O)n(-c2ccccc2C(F)(F)F)nc1C(=O)Nc1ccc(Oc2ncnc3c2ccn3C)cc1. The molecular formula is C26H19F3N6O3. The molecule has 0 bridgehead atoms. The summed E-state index contributed by atoms with van der Waals surface area (Å²) in [7, 11) is 1.86. The highest BCUT2D eigenvalue weighted by molar-refractivity contribution is 6.03. The van der Waals surface area contributed by atoms with E-state index in [-0.39, 0.29) is 11.3 Å². The predicted octanol–water partition coefficient (Wildman–Crippen LogP) is 4.89. The lowest BCUT2D eigenvalue weighted by Gasteiger charge is -2.15. The summed E-state index contributed by atoms with van der Waals surface area (Å²) in [6, 6.07) is 13.8. The quantitative estimate of drug-likeness (QED) is 0.354. The van der Waals surface area contributed by atoms with E-state index in [1.165, 1.54) is 25.4 Å². The Labute approximate surface area is 213 Å². The van der Waals surface area contributed by atoms with Crippen LogP contribution in [0.2, 0.25) is 0 Å². The second-order valence-electron chi connectivity index (χ2n) is 8.36. The number of ether oxygens (including phenoxy) is 1. The summed E-state index contributed by atoms with van der Waals surface area (Å²) in [5, 5.41) is 7.34. The third-order valence-corrected chi connectivity index (χ3v) is 5.73. The number of carbonyl (C=O) groups is 1. The van der Waals surface area contributed by atoms with Crippen molar-refractivity contribution in [1.29, 1.82) is 0 Å². The number of para-hydroxylation sites is 1. The minimum Gasteiger partial charge on any atom is -0.438 e. The van der Waals surface area contributed by atoms with Gasteiger partial charge in [-0.2, -0.15) is 23.0 Å². The molecule has 0 aliphatic heterocycles. The molecule has 192 valence electrons.